The van der Waals surface area contributed by atoms with E-state index >= 15 is 0 Å². The summed E-state index contributed by atoms with van der Waals surface area (Å²) < 4.78 is 0. The van der Waals surface area contributed by atoms with Gasteiger partial charge in [-0.15, -0.1) is 0 Å². The predicted molar refractivity (Wildman–Crippen MR) is 79.3 cm³/mol. The molecular weight excluding hydrogens is 234 g/mol. The van der Waals surface area contributed by atoms with Crippen LogP contribution in [0.5, 0.6) is 0 Å². The molecule has 1 N–H and O–H groups in total. The Morgan fingerprint density at radius 2 is 1.89 bits per heavy atom. The van der Waals surface area contributed by atoms with Gasteiger partial charge < -0.3 is 5.32 Å². The van der Waals surface area contributed by atoms with Gasteiger partial charge in [-0.2, -0.15) is 0 Å². The number of hydrogen-bond acceptors (Lipinski definition) is 1. The Morgan fingerprint density at radius 3 is 2.53 bits per heavy atom. The summed E-state index contributed by atoms with van der Waals surface area (Å²) in [6, 6.07) is 8.29. The molecule has 1 aliphatic rings. The van der Waals surface area contributed by atoms with Crippen molar-refractivity contribution in [3.8, 4) is 0 Å². The zero-order valence-corrected chi connectivity index (χ0v) is 12.3. The number of carbonyl (C=O) groups excluding carboxylic acids is 1. The number of aryl methyl sites for hydroxylation is 1. The molecule has 1 fully saturated rings. The summed E-state index contributed by atoms with van der Waals surface area (Å²) in [6.07, 6.45) is 4.65. The van der Waals surface area contributed by atoms with Crippen LogP contribution in [0.1, 0.15) is 56.0 Å². The fourth-order valence-electron chi connectivity index (χ4n) is 2.93. The third-order valence-corrected chi connectivity index (χ3v) is 4.65. The molecule has 3 atom stereocenters. The minimum atomic E-state index is 0.0774. The van der Waals surface area contributed by atoms with Crippen LogP contribution in [-0.4, -0.2) is 11.9 Å². The number of nitrogens with one attached hydrogen (secondary N) is 1. The van der Waals surface area contributed by atoms with Crippen LogP contribution in [0.4, 0.5) is 0 Å². The average Bonchev–Trinajstić information content (AvgIpc) is 2.44. The van der Waals surface area contributed by atoms with Crippen molar-refractivity contribution >= 4 is 5.91 Å². The summed E-state index contributed by atoms with van der Waals surface area (Å²) in [5.41, 5.74) is 2.05. The smallest absolute Gasteiger partial charge is 0.251 e. The van der Waals surface area contributed by atoms with Crippen LogP contribution in [0.25, 0.3) is 0 Å². The zero-order valence-electron chi connectivity index (χ0n) is 12.3. The first-order valence-electron chi connectivity index (χ1n) is 7.51. The number of rotatable bonds is 3. The van der Waals surface area contributed by atoms with Gasteiger partial charge in [-0.25, -0.2) is 0 Å². The van der Waals surface area contributed by atoms with E-state index in [0.29, 0.717) is 17.9 Å². The van der Waals surface area contributed by atoms with Crippen LogP contribution < -0.4 is 5.32 Å². The third kappa shape index (κ3) is 3.37. The summed E-state index contributed by atoms with van der Waals surface area (Å²) in [7, 11) is 0. The monoisotopic (exact) mass is 259 g/mol. The Bertz CT molecular complexity index is 423. The molecule has 0 bridgehead atoms. The quantitative estimate of drug-likeness (QED) is 0.879. The van der Waals surface area contributed by atoms with Gasteiger partial charge in [0.05, 0.1) is 0 Å². The lowest BCUT2D eigenvalue weighted by Gasteiger charge is -2.34. The molecule has 2 nitrogen and oxygen atoms in total. The van der Waals surface area contributed by atoms with E-state index < -0.39 is 0 Å². The highest BCUT2D eigenvalue weighted by atomic mass is 16.1. The molecule has 3 unspecified atom stereocenters. The summed E-state index contributed by atoms with van der Waals surface area (Å²) in [6.45, 7) is 6.67. The van der Waals surface area contributed by atoms with Crippen molar-refractivity contribution in [1.82, 2.24) is 5.32 Å². The maximum atomic E-state index is 12.3. The third-order valence-electron chi connectivity index (χ3n) is 4.65. The van der Waals surface area contributed by atoms with E-state index in [1.807, 2.05) is 24.3 Å². The van der Waals surface area contributed by atoms with Crippen LogP contribution >= 0.6 is 0 Å². The van der Waals surface area contributed by atoms with Crippen molar-refractivity contribution in [2.45, 2.75) is 52.5 Å². The maximum absolute atomic E-state index is 12.3. The van der Waals surface area contributed by atoms with E-state index in [-0.39, 0.29) is 5.91 Å². The predicted octanol–water partition coefficient (Wildman–Crippen LogP) is 3.80. The van der Waals surface area contributed by atoms with Gasteiger partial charge in [0.1, 0.15) is 0 Å². The molecule has 0 aliphatic heterocycles. The summed E-state index contributed by atoms with van der Waals surface area (Å²) in [5.74, 6) is 1.36. The molecule has 104 valence electrons. The second kappa shape index (κ2) is 6.23. The Kier molecular flexibility index (Phi) is 4.62. The molecule has 0 spiro atoms. The van der Waals surface area contributed by atoms with Gasteiger partial charge in [-0.05, 0) is 42.4 Å². The fourth-order valence-corrected chi connectivity index (χ4v) is 2.93. The highest BCUT2D eigenvalue weighted by Gasteiger charge is 2.28. The molecule has 0 radical (unpaired) electrons. The normalized spacial score (nSPS) is 27.0. The minimum absolute atomic E-state index is 0.0774. The summed E-state index contributed by atoms with van der Waals surface area (Å²) >= 11 is 0. The van der Waals surface area contributed by atoms with E-state index in [4.69, 9.17) is 0 Å². The highest BCUT2D eigenvalue weighted by molar-refractivity contribution is 5.94. The molecule has 2 rings (SSSR count). The Labute approximate surface area is 116 Å². The van der Waals surface area contributed by atoms with Crippen LogP contribution in [0.15, 0.2) is 24.3 Å². The lowest BCUT2D eigenvalue weighted by molar-refractivity contribution is 0.0891. The molecule has 1 aromatic rings. The highest BCUT2D eigenvalue weighted by Crippen LogP contribution is 2.29. The van der Waals surface area contributed by atoms with Gasteiger partial charge in [0.15, 0.2) is 0 Å². The largest absolute Gasteiger partial charge is 0.349 e. The number of hydrogen-bond donors (Lipinski definition) is 1. The van der Waals surface area contributed by atoms with Crippen molar-refractivity contribution in [3.05, 3.63) is 35.4 Å². The summed E-state index contributed by atoms with van der Waals surface area (Å²) in [4.78, 5) is 12.3. The Hall–Kier alpha value is -1.31. The van der Waals surface area contributed by atoms with E-state index in [0.717, 1.165) is 18.4 Å². The van der Waals surface area contributed by atoms with Crippen LogP contribution in [0.2, 0.25) is 0 Å². The molecule has 1 saturated carbocycles. The molecule has 0 heterocycles. The Morgan fingerprint density at radius 1 is 1.21 bits per heavy atom. The molecular formula is C17H25NO. The Balaban J connectivity index is 1.99. The van der Waals surface area contributed by atoms with Crippen molar-refractivity contribution in [1.29, 1.82) is 0 Å². The van der Waals surface area contributed by atoms with E-state index in [2.05, 4.69) is 26.1 Å². The molecule has 1 aromatic carbocycles. The van der Waals surface area contributed by atoms with Crippen molar-refractivity contribution in [2.24, 2.45) is 11.8 Å². The molecule has 2 heteroatoms. The molecule has 0 aromatic heterocycles. The van der Waals surface area contributed by atoms with Crippen molar-refractivity contribution in [2.75, 3.05) is 0 Å². The number of carbonyl (C=O) groups is 1. The molecule has 1 amide bonds. The fraction of sp³-hybridized carbons (Fsp3) is 0.588. The van der Waals surface area contributed by atoms with Crippen molar-refractivity contribution < 1.29 is 4.79 Å². The minimum Gasteiger partial charge on any atom is -0.349 e. The van der Waals surface area contributed by atoms with Crippen molar-refractivity contribution in [3.63, 3.8) is 0 Å². The first-order chi connectivity index (χ1) is 9.11. The van der Waals surface area contributed by atoms with Gasteiger partial charge in [-0.3, -0.25) is 4.79 Å². The van der Waals surface area contributed by atoms with Crippen LogP contribution in [0.3, 0.4) is 0 Å². The molecule has 0 saturated heterocycles. The lowest BCUT2D eigenvalue weighted by Crippen LogP contribution is -2.43. The van der Waals surface area contributed by atoms with Gasteiger partial charge in [0.2, 0.25) is 0 Å². The first kappa shape index (κ1) is 14.1. The van der Waals surface area contributed by atoms with Gasteiger partial charge >= 0.3 is 0 Å². The van der Waals surface area contributed by atoms with Gasteiger partial charge in [0, 0.05) is 11.6 Å². The lowest BCUT2D eigenvalue weighted by atomic mass is 9.78. The first-order valence-corrected chi connectivity index (χ1v) is 7.51. The van der Waals surface area contributed by atoms with E-state index in [1.165, 1.54) is 18.4 Å². The SMILES string of the molecule is CCc1ccc(C(=O)NC2CCCC(C)C2C)cc1. The molecule has 1 aliphatic carbocycles. The van der Waals surface area contributed by atoms with Crippen LogP contribution in [0, 0.1) is 11.8 Å². The second-order valence-corrected chi connectivity index (χ2v) is 5.90. The van der Waals surface area contributed by atoms with Crippen LogP contribution in [-0.2, 0) is 6.42 Å². The van der Waals surface area contributed by atoms with E-state index in [1.54, 1.807) is 0 Å². The standard InChI is InChI=1S/C17H25NO/c1-4-14-8-10-15(11-9-14)17(19)18-16-7-5-6-12(2)13(16)3/h8-13,16H,4-7H2,1-3H3,(H,18,19). The number of benzene rings is 1. The molecule has 19 heavy (non-hydrogen) atoms. The number of amides is 1. The maximum Gasteiger partial charge on any atom is 0.251 e. The average molecular weight is 259 g/mol. The summed E-state index contributed by atoms with van der Waals surface area (Å²) in [5, 5.41) is 3.21. The zero-order chi connectivity index (χ0) is 13.8. The van der Waals surface area contributed by atoms with Gasteiger partial charge in [-0.1, -0.05) is 45.7 Å². The second-order valence-electron chi connectivity index (χ2n) is 5.90. The topological polar surface area (TPSA) is 29.1 Å². The van der Waals surface area contributed by atoms with Gasteiger partial charge in [0.25, 0.3) is 5.91 Å². The van der Waals surface area contributed by atoms with E-state index in [9.17, 15) is 4.79 Å².